The molecule has 0 aliphatic carbocycles. The molecule has 18 heavy (non-hydrogen) atoms. The summed E-state index contributed by atoms with van der Waals surface area (Å²) in [4.78, 5) is 15.0. The maximum absolute atomic E-state index is 11.8. The summed E-state index contributed by atoms with van der Waals surface area (Å²) in [6.45, 7) is 3.55. The van der Waals surface area contributed by atoms with Crippen molar-refractivity contribution in [2.45, 2.75) is 6.92 Å². The summed E-state index contributed by atoms with van der Waals surface area (Å²) in [5.41, 5.74) is 1.90. The molecular formula is C12H14N2O3S. The van der Waals surface area contributed by atoms with E-state index in [0.29, 0.717) is 35.7 Å². The second-order valence-corrected chi connectivity index (χ2v) is 4.05. The lowest BCUT2D eigenvalue weighted by Gasteiger charge is -2.04. The number of H-pyrrole nitrogens is 1. The summed E-state index contributed by atoms with van der Waals surface area (Å²) in [6.07, 6.45) is 0. The molecule has 0 atom stereocenters. The number of benzene rings is 1. The average Bonchev–Trinajstić information content (AvgIpc) is 2.73. The van der Waals surface area contributed by atoms with Gasteiger partial charge in [0.15, 0.2) is 5.58 Å². The molecular weight excluding hydrogens is 252 g/mol. The molecule has 0 fully saturated rings. The van der Waals surface area contributed by atoms with Gasteiger partial charge in [0.1, 0.15) is 0 Å². The van der Waals surface area contributed by atoms with E-state index in [1.807, 2.05) is 6.92 Å². The molecule has 2 rings (SSSR count). The lowest BCUT2D eigenvalue weighted by Crippen LogP contribution is -2.27. The quantitative estimate of drug-likeness (QED) is 0.643. The minimum absolute atomic E-state index is 0.154. The van der Waals surface area contributed by atoms with Crippen LogP contribution < -0.4 is 5.32 Å². The van der Waals surface area contributed by atoms with Gasteiger partial charge in [0.25, 0.3) is 10.7 Å². The first-order chi connectivity index (χ1) is 8.70. The zero-order valence-corrected chi connectivity index (χ0v) is 10.8. The Kier molecular flexibility index (Phi) is 4.11. The number of rotatable bonds is 5. The standard InChI is InChI=1S/C12H14N2O3S/c1-2-16-6-5-13-11(15)8-3-4-9-10(7-8)17-12(18)14-9/h3-4,7H,2,5-6H2,1H3,(H,13,15)(H,14,18). The minimum Gasteiger partial charge on any atom is -0.429 e. The fourth-order valence-electron chi connectivity index (χ4n) is 1.57. The number of hydrogen-bond donors (Lipinski definition) is 2. The average molecular weight is 266 g/mol. The summed E-state index contributed by atoms with van der Waals surface area (Å²) in [7, 11) is 0. The van der Waals surface area contributed by atoms with Crippen molar-refractivity contribution in [2.75, 3.05) is 19.8 Å². The molecule has 0 saturated carbocycles. The van der Waals surface area contributed by atoms with Crippen LogP contribution in [0.2, 0.25) is 0 Å². The first kappa shape index (κ1) is 12.8. The summed E-state index contributed by atoms with van der Waals surface area (Å²) in [6, 6.07) is 5.16. The molecule has 0 bridgehead atoms. The van der Waals surface area contributed by atoms with E-state index in [0.717, 1.165) is 5.52 Å². The van der Waals surface area contributed by atoms with Crippen LogP contribution in [0, 0.1) is 4.84 Å². The topological polar surface area (TPSA) is 67.3 Å². The summed E-state index contributed by atoms with van der Waals surface area (Å²) < 4.78 is 10.4. The second-order valence-electron chi connectivity index (χ2n) is 3.68. The maximum atomic E-state index is 11.8. The molecule has 0 aliphatic rings. The number of fused-ring (bicyclic) bond motifs is 1. The van der Waals surface area contributed by atoms with E-state index in [9.17, 15) is 4.79 Å². The zero-order chi connectivity index (χ0) is 13.0. The van der Waals surface area contributed by atoms with Gasteiger partial charge in [-0.2, -0.15) is 0 Å². The molecule has 2 aromatic rings. The van der Waals surface area contributed by atoms with Crippen molar-refractivity contribution in [3.05, 3.63) is 28.6 Å². The molecule has 1 amide bonds. The number of amides is 1. The highest BCUT2D eigenvalue weighted by atomic mass is 32.1. The van der Waals surface area contributed by atoms with Gasteiger partial charge in [-0.15, -0.1) is 0 Å². The van der Waals surface area contributed by atoms with Crippen LogP contribution in [-0.2, 0) is 4.74 Å². The fourth-order valence-corrected chi connectivity index (χ4v) is 1.77. The van der Waals surface area contributed by atoms with Gasteiger partial charge in [0.05, 0.1) is 12.1 Å². The second kappa shape index (κ2) is 5.79. The first-order valence-corrected chi connectivity index (χ1v) is 6.10. The Labute approximate surface area is 109 Å². The van der Waals surface area contributed by atoms with E-state index < -0.39 is 0 Å². The molecule has 1 heterocycles. The Bertz CT molecular complexity index is 603. The predicted octanol–water partition coefficient (Wildman–Crippen LogP) is 2.26. The Morgan fingerprint density at radius 2 is 2.39 bits per heavy atom. The number of hydrogen-bond acceptors (Lipinski definition) is 4. The van der Waals surface area contributed by atoms with E-state index in [4.69, 9.17) is 21.4 Å². The Morgan fingerprint density at radius 3 is 3.17 bits per heavy atom. The third-order valence-corrected chi connectivity index (χ3v) is 2.60. The van der Waals surface area contributed by atoms with Crippen molar-refractivity contribution < 1.29 is 13.9 Å². The van der Waals surface area contributed by atoms with Crippen molar-refractivity contribution in [1.82, 2.24) is 10.3 Å². The van der Waals surface area contributed by atoms with Crippen LogP contribution in [0.25, 0.3) is 11.1 Å². The third-order valence-electron chi connectivity index (χ3n) is 2.42. The van der Waals surface area contributed by atoms with Gasteiger partial charge in [-0.3, -0.25) is 4.79 Å². The van der Waals surface area contributed by atoms with Crippen molar-refractivity contribution in [1.29, 1.82) is 0 Å². The van der Waals surface area contributed by atoms with Gasteiger partial charge >= 0.3 is 0 Å². The van der Waals surface area contributed by atoms with Crippen molar-refractivity contribution >= 4 is 29.2 Å². The largest absolute Gasteiger partial charge is 0.429 e. The smallest absolute Gasteiger partial charge is 0.266 e. The number of carbonyl (C=O) groups excluding carboxylic acids is 1. The van der Waals surface area contributed by atoms with Crippen molar-refractivity contribution in [3.63, 3.8) is 0 Å². The molecule has 96 valence electrons. The van der Waals surface area contributed by atoms with Gasteiger partial charge in [0, 0.05) is 18.7 Å². The van der Waals surface area contributed by atoms with Crippen LogP contribution in [0.3, 0.4) is 0 Å². The van der Waals surface area contributed by atoms with Crippen LogP contribution in [-0.4, -0.2) is 30.6 Å². The molecule has 0 saturated heterocycles. The molecule has 6 heteroatoms. The highest BCUT2D eigenvalue weighted by molar-refractivity contribution is 7.71. The summed E-state index contributed by atoms with van der Waals surface area (Å²) >= 11 is 4.88. The highest BCUT2D eigenvalue weighted by Gasteiger charge is 2.07. The van der Waals surface area contributed by atoms with Gasteiger partial charge in [-0.1, -0.05) is 0 Å². The van der Waals surface area contributed by atoms with Crippen LogP contribution >= 0.6 is 12.2 Å². The van der Waals surface area contributed by atoms with Crippen LogP contribution in [0.5, 0.6) is 0 Å². The molecule has 2 N–H and O–H groups in total. The minimum atomic E-state index is -0.154. The number of ether oxygens (including phenoxy) is 1. The van der Waals surface area contributed by atoms with Crippen molar-refractivity contribution in [2.24, 2.45) is 0 Å². The molecule has 0 unspecified atom stereocenters. The Morgan fingerprint density at radius 1 is 1.56 bits per heavy atom. The van der Waals surface area contributed by atoms with Crippen molar-refractivity contribution in [3.8, 4) is 0 Å². The van der Waals surface area contributed by atoms with E-state index in [-0.39, 0.29) is 5.91 Å². The molecule has 0 aliphatic heterocycles. The lowest BCUT2D eigenvalue weighted by atomic mass is 10.2. The SMILES string of the molecule is CCOCCNC(=O)c1ccc2[nH]c(=S)oc2c1. The number of nitrogens with one attached hydrogen (secondary N) is 2. The van der Waals surface area contributed by atoms with Crippen LogP contribution in [0.4, 0.5) is 0 Å². The van der Waals surface area contributed by atoms with Crippen LogP contribution in [0.1, 0.15) is 17.3 Å². The molecule has 5 nitrogen and oxygen atoms in total. The zero-order valence-electron chi connectivity index (χ0n) is 9.99. The van der Waals surface area contributed by atoms with E-state index in [1.165, 1.54) is 0 Å². The molecule has 1 aromatic carbocycles. The highest BCUT2D eigenvalue weighted by Crippen LogP contribution is 2.15. The summed E-state index contributed by atoms with van der Waals surface area (Å²) in [5, 5.41) is 2.76. The number of aromatic amines is 1. The monoisotopic (exact) mass is 266 g/mol. The normalized spacial score (nSPS) is 10.7. The van der Waals surface area contributed by atoms with Gasteiger partial charge in [0.2, 0.25) is 0 Å². The fraction of sp³-hybridized carbons (Fsp3) is 0.333. The number of carbonyl (C=O) groups is 1. The van der Waals surface area contributed by atoms with Gasteiger partial charge < -0.3 is 19.5 Å². The first-order valence-electron chi connectivity index (χ1n) is 5.69. The molecule has 0 spiro atoms. The van der Waals surface area contributed by atoms with E-state index >= 15 is 0 Å². The Hall–Kier alpha value is -1.66. The van der Waals surface area contributed by atoms with E-state index in [1.54, 1.807) is 18.2 Å². The maximum Gasteiger partial charge on any atom is 0.266 e. The number of oxazole rings is 1. The molecule has 0 radical (unpaired) electrons. The van der Waals surface area contributed by atoms with E-state index in [2.05, 4.69) is 10.3 Å². The van der Waals surface area contributed by atoms with Gasteiger partial charge in [-0.25, -0.2) is 0 Å². The Balaban J connectivity index is 2.05. The molecule has 1 aromatic heterocycles. The third kappa shape index (κ3) is 2.96. The predicted molar refractivity (Wildman–Crippen MR) is 70.2 cm³/mol. The van der Waals surface area contributed by atoms with Gasteiger partial charge in [-0.05, 0) is 37.3 Å². The van der Waals surface area contributed by atoms with Crippen LogP contribution in [0.15, 0.2) is 22.6 Å². The lowest BCUT2D eigenvalue weighted by molar-refractivity contribution is 0.0922. The summed E-state index contributed by atoms with van der Waals surface area (Å²) in [5.74, 6) is -0.154. The number of aromatic nitrogens is 1.